The molecule has 2 atom stereocenters. The molecule has 14 heavy (non-hydrogen) atoms. The Hall–Kier alpha value is -0.130. The van der Waals surface area contributed by atoms with E-state index >= 15 is 0 Å². The van der Waals surface area contributed by atoms with E-state index in [-0.39, 0.29) is 12.1 Å². The molecule has 0 amide bonds. The van der Waals surface area contributed by atoms with Crippen molar-refractivity contribution < 1.29 is 8.42 Å². The number of hydrogen-bond acceptors (Lipinski definition) is 4. The van der Waals surface area contributed by atoms with Crippen LogP contribution in [-0.4, -0.2) is 56.5 Å². The van der Waals surface area contributed by atoms with Crippen molar-refractivity contribution in [3.05, 3.63) is 0 Å². The van der Waals surface area contributed by atoms with Gasteiger partial charge in [0.2, 0.25) is 0 Å². The average Bonchev–Trinajstić information content (AvgIpc) is 2.41. The molecule has 0 unspecified atom stereocenters. The van der Waals surface area contributed by atoms with Crippen LogP contribution in [0.25, 0.3) is 0 Å². The third-order valence-corrected chi connectivity index (χ3v) is 4.82. The summed E-state index contributed by atoms with van der Waals surface area (Å²) in [5.74, 6) is 0.683. The van der Waals surface area contributed by atoms with Crippen molar-refractivity contribution in [2.45, 2.75) is 25.4 Å². The van der Waals surface area contributed by atoms with Gasteiger partial charge in [0.1, 0.15) is 0 Å². The maximum atomic E-state index is 11.5. The first-order valence-electron chi connectivity index (χ1n) is 5.30. The van der Waals surface area contributed by atoms with Gasteiger partial charge in [-0.3, -0.25) is 4.90 Å². The van der Waals surface area contributed by atoms with Crippen LogP contribution >= 0.6 is 0 Å². The lowest BCUT2D eigenvalue weighted by Gasteiger charge is -2.37. The van der Waals surface area contributed by atoms with Crippen LogP contribution in [0.5, 0.6) is 0 Å². The van der Waals surface area contributed by atoms with Gasteiger partial charge in [0.05, 0.1) is 11.5 Å². The van der Waals surface area contributed by atoms with Gasteiger partial charge in [0, 0.05) is 25.2 Å². The minimum Gasteiger partial charge on any atom is -0.310 e. The van der Waals surface area contributed by atoms with Gasteiger partial charge in [-0.15, -0.1) is 0 Å². The van der Waals surface area contributed by atoms with E-state index in [1.165, 1.54) is 0 Å². The Morgan fingerprint density at radius 3 is 2.93 bits per heavy atom. The van der Waals surface area contributed by atoms with Crippen LogP contribution in [0, 0.1) is 0 Å². The molecule has 0 aromatic heterocycles. The van der Waals surface area contributed by atoms with E-state index < -0.39 is 9.84 Å². The van der Waals surface area contributed by atoms with Crippen LogP contribution in [0.3, 0.4) is 0 Å². The minimum absolute atomic E-state index is 0.181. The zero-order valence-electron chi connectivity index (χ0n) is 8.57. The first-order chi connectivity index (χ1) is 6.62. The zero-order chi connectivity index (χ0) is 10.2. The van der Waals surface area contributed by atoms with Gasteiger partial charge in [-0.2, -0.15) is 0 Å². The second-order valence-electron chi connectivity index (χ2n) is 4.24. The summed E-state index contributed by atoms with van der Waals surface area (Å²) in [4.78, 5) is 2.33. The fourth-order valence-electron chi connectivity index (χ4n) is 2.51. The Morgan fingerprint density at radius 1 is 1.43 bits per heavy atom. The molecule has 0 spiro atoms. The molecule has 0 radical (unpaired) electrons. The van der Waals surface area contributed by atoms with E-state index in [0.29, 0.717) is 11.5 Å². The molecule has 2 aliphatic rings. The molecule has 82 valence electrons. The molecule has 0 bridgehead atoms. The topological polar surface area (TPSA) is 49.4 Å². The van der Waals surface area contributed by atoms with Crippen molar-refractivity contribution in [3.8, 4) is 0 Å². The molecule has 5 heteroatoms. The molecule has 1 N–H and O–H groups in total. The second kappa shape index (κ2) is 3.79. The highest BCUT2D eigenvalue weighted by atomic mass is 32.2. The van der Waals surface area contributed by atoms with Crippen LogP contribution < -0.4 is 5.32 Å². The quantitative estimate of drug-likeness (QED) is 0.677. The standard InChI is InChI=1S/C9H18N2O2S/c1-2-4-11-5-3-10-8-6-14(12,13)7-9(8)11/h8-10H,2-7H2,1H3/t8-,9-/m1/s1. The third kappa shape index (κ3) is 1.94. The predicted molar refractivity (Wildman–Crippen MR) is 56.1 cm³/mol. The van der Waals surface area contributed by atoms with Gasteiger partial charge in [-0.25, -0.2) is 8.42 Å². The van der Waals surface area contributed by atoms with Crippen molar-refractivity contribution in [1.29, 1.82) is 0 Å². The van der Waals surface area contributed by atoms with Gasteiger partial charge in [0.15, 0.2) is 9.84 Å². The van der Waals surface area contributed by atoms with Crippen molar-refractivity contribution in [3.63, 3.8) is 0 Å². The largest absolute Gasteiger partial charge is 0.310 e. The Kier molecular flexibility index (Phi) is 2.81. The van der Waals surface area contributed by atoms with Gasteiger partial charge in [0.25, 0.3) is 0 Å². The number of nitrogens with one attached hydrogen (secondary N) is 1. The first-order valence-corrected chi connectivity index (χ1v) is 7.12. The SMILES string of the molecule is CCCN1CCN[C@@H]2CS(=O)(=O)C[C@H]21. The van der Waals surface area contributed by atoms with Gasteiger partial charge in [-0.1, -0.05) is 6.92 Å². The maximum Gasteiger partial charge on any atom is 0.153 e. The lowest BCUT2D eigenvalue weighted by atomic mass is 10.1. The number of fused-ring (bicyclic) bond motifs is 1. The average molecular weight is 218 g/mol. The molecule has 2 fully saturated rings. The fraction of sp³-hybridized carbons (Fsp3) is 1.00. The molecule has 2 saturated heterocycles. The maximum absolute atomic E-state index is 11.5. The van der Waals surface area contributed by atoms with Crippen molar-refractivity contribution in [2.24, 2.45) is 0 Å². The van der Waals surface area contributed by atoms with Crippen molar-refractivity contribution in [1.82, 2.24) is 10.2 Å². The Bertz CT molecular complexity index is 300. The third-order valence-electron chi connectivity index (χ3n) is 3.11. The number of hydrogen-bond donors (Lipinski definition) is 1. The van der Waals surface area contributed by atoms with E-state index in [9.17, 15) is 8.42 Å². The predicted octanol–water partition coefficient (Wildman–Crippen LogP) is -0.533. The van der Waals surface area contributed by atoms with E-state index in [2.05, 4.69) is 17.1 Å². The van der Waals surface area contributed by atoms with Crippen LogP contribution in [0.1, 0.15) is 13.3 Å². The number of nitrogens with zero attached hydrogens (tertiary/aromatic N) is 1. The molecule has 2 rings (SSSR count). The summed E-state index contributed by atoms with van der Waals surface area (Å²) >= 11 is 0. The molecular formula is C9H18N2O2S. The van der Waals surface area contributed by atoms with Gasteiger partial charge in [-0.05, 0) is 13.0 Å². The fourth-order valence-corrected chi connectivity index (χ4v) is 4.49. The van der Waals surface area contributed by atoms with E-state index in [4.69, 9.17) is 0 Å². The Morgan fingerprint density at radius 2 is 2.21 bits per heavy atom. The highest BCUT2D eigenvalue weighted by Crippen LogP contribution is 2.21. The van der Waals surface area contributed by atoms with Crippen LogP contribution in [0.15, 0.2) is 0 Å². The molecule has 0 saturated carbocycles. The Labute approximate surface area is 85.6 Å². The van der Waals surface area contributed by atoms with Gasteiger partial charge >= 0.3 is 0 Å². The molecule has 4 nitrogen and oxygen atoms in total. The van der Waals surface area contributed by atoms with Crippen LogP contribution in [0.2, 0.25) is 0 Å². The molecule has 0 aromatic carbocycles. The summed E-state index contributed by atoms with van der Waals surface area (Å²) in [5, 5.41) is 3.30. The van der Waals surface area contributed by atoms with Crippen LogP contribution in [-0.2, 0) is 9.84 Å². The monoisotopic (exact) mass is 218 g/mol. The van der Waals surface area contributed by atoms with Crippen molar-refractivity contribution in [2.75, 3.05) is 31.1 Å². The normalized spacial score (nSPS) is 36.9. The van der Waals surface area contributed by atoms with E-state index in [0.717, 1.165) is 26.1 Å². The summed E-state index contributed by atoms with van der Waals surface area (Å²) in [5.41, 5.74) is 0. The van der Waals surface area contributed by atoms with Crippen LogP contribution in [0.4, 0.5) is 0 Å². The zero-order valence-corrected chi connectivity index (χ0v) is 9.39. The summed E-state index contributed by atoms with van der Waals surface area (Å²) in [6.07, 6.45) is 1.10. The van der Waals surface area contributed by atoms with Gasteiger partial charge < -0.3 is 5.32 Å². The Balaban J connectivity index is 2.10. The lowest BCUT2D eigenvalue weighted by molar-refractivity contribution is 0.149. The summed E-state index contributed by atoms with van der Waals surface area (Å²) in [7, 11) is -2.78. The first kappa shape index (κ1) is 10.4. The van der Waals surface area contributed by atoms with E-state index in [1.54, 1.807) is 0 Å². The molecular weight excluding hydrogens is 200 g/mol. The molecule has 0 aromatic rings. The number of piperazine rings is 1. The van der Waals surface area contributed by atoms with Crippen molar-refractivity contribution >= 4 is 9.84 Å². The molecule has 2 aliphatic heterocycles. The van der Waals surface area contributed by atoms with E-state index in [1.807, 2.05) is 0 Å². The number of rotatable bonds is 2. The molecule has 2 heterocycles. The molecule has 0 aliphatic carbocycles. The second-order valence-corrected chi connectivity index (χ2v) is 6.39. The summed E-state index contributed by atoms with van der Waals surface area (Å²) in [6, 6.07) is 0.411. The smallest absolute Gasteiger partial charge is 0.153 e. The summed E-state index contributed by atoms with van der Waals surface area (Å²) in [6.45, 7) is 5.08. The lowest BCUT2D eigenvalue weighted by Crippen LogP contribution is -2.57. The summed E-state index contributed by atoms with van der Waals surface area (Å²) < 4.78 is 23.0. The minimum atomic E-state index is -2.78. The highest BCUT2D eigenvalue weighted by molar-refractivity contribution is 7.91. The highest BCUT2D eigenvalue weighted by Gasteiger charge is 2.42. The number of sulfone groups is 1.